The van der Waals surface area contributed by atoms with Crippen LogP contribution in [-0.4, -0.2) is 35.5 Å². The van der Waals surface area contributed by atoms with Gasteiger partial charge < -0.3 is 0 Å². The van der Waals surface area contributed by atoms with Gasteiger partial charge in [-0.3, -0.25) is 24.2 Å². The number of carbonyl (C=O) groups excluding carboxylic acids is 3. The lowest BCUT2D eigenvalue weighted by Crippen LogP contribution is -2.49. The first-order valence-electron chi connectivity index (χ1n) is 9.99. The fourth-order valence-corrected chi connectivity index (χ4v) is 5.57. The summed E-state index contributed by atoms with van der Waals surface area (Å²) in [5.74, 6) is -5.08. The molecule has 2 saturated carbocycles. The van der Waals surface area contributed by atoms with Gasteiger partial charge in [-0.2, -0.15) is 26.3 Å². The molecule has 4 aliphatic carbocycles. The van der Waals surface area contributed by atoms with E-state index in [9.17, 15) is 40.7 Å². The molecule has 0 radical (unpaired) electrons. The van der Waals surface area contributed by atoms with Crippen LogP contribution in [0.25, 0.3) is 0 Å². The molecule has 1 aromatic rings. The van der Waals surface area contributed by atoms with Crippen molar-refractivity contribution in [2.75, 3.05) is 11.6 Å². The topological polar surface area (TPSA) is 57.7 Å². The quantitative estimate of drug-likeness (QED) is 0.395. The molecule has 32 heavy (non-hydrogen) atoms. The first-order chi connectivity index (χ1) is 14.9. The van der Waals surface area contributed by atoms with Crippen molar-refractivity contribution >= 4 is 23.4 Å². The minimum Gasteiger partial charge on any atom is -0.286 e. The number of amides is 3. The van der Waals surface area contributed by atoms with Crippen molar-refractivity contribution in [3.63, 3.8) is 0 Å². The molecule has 170 valence electrons. The van der Waals surface area contributed by atoms with Crippen LogP contribution in [0.1, 0.15) is 12.0 Å². The lowest BCUT2D eigenvalue weighted by Gasteiger charge is -2.37. The zero-order valence-corrected chi connectivity index (χ0v) is 16.2. The summed E-state index contributed by atoms with van der Waals surface area (Å²) >= 11 is 0. The Bertz CT molecular complexity index is 1010. The maximum atomic E-state index is 13.3. The van der Waals surface area contributed by atoms with E-state index in [1.165, 1.54) is 0 Å². The Labute approximate surface area is 177 Å². The Kier molecular flexibility index (Phi) is 4.32. The van der Waals surface area contributed by atoms with Gasteiger partial charge in [0.15, 0.2) is 0 Å². The van der Waals surface area contributed by atoms with E-state index in [4.69, 9.17) is 0 Å². The molecule has 0 spiro atoms. The zero-order valence-electron chi connectivity index (χ0n) is 16.2. The summed E-state index contributed by atoms with van der Waals surface area (Å²) < 4.78 is 79.0. The second-order valence-electron chi connectivity index (χ2n) is 8.68. The van der Waals surface area contributed by atoms with E-state index < -0.39 is 59.8 Å². The monoisotopic (exact) mass is 458 g/mol. The molecule has 6 rings (SSSR count). The van der Waals surface area contributed by atoms with Gasteiger partial charge in [-0.15, -0.1) is 0 Å². The summed E-state index contributed by atoms with van der Waals surface area (Å²) in [4.78, 5) is 38.8. The van der Waals surface area contributed by atoms with Crippen LogP contribution in [0.4, 0.5) is 32.0 Å². The Morgan fingerprint density at radius 2 is 1.53 bits per heavy atom. The molecule has 1 aromatic carbocycles. The molecule has 11 heteroatoms. The number of rotatable bonds is 3. The number of allylic oxidation sites excluding steroid dienone is 2. The number of nitrogens with zero attached hydrogens (tertiary/aromatic N) is 2. The fourth-order valence-electron chi connectivity index (χ4n) is 5.57. The molecule has 5 aliphatic rings. The number of anilines is 1. The fraction of sp³-hybridized carbons (Fsp3) is 0.476. The Morgan fingerprint density at radius 1 is 0.969 bits per heavy atom. The van der Waals surface area contributed by atoms with Gasteiger partial charge in [0.05, 0.1) is 17.4 Å². The molecular weight excluding hydrogens is 442 g/mol. The van der Waals surface area contributed by atoms with E-state index in [0.717, 1.165) is 18.6 Å². The van der Waals surface area contributed by atoms with Gasteiger partial charge >= 0.3 is 18.3 Å². The van der Waals surface area contributed by atoms with E-state index in [0.29, 0.717) is 17.0 Å². The zero-order chi connectivity index (χ0) is 23.2. The van der Waals surface area contributed by atoms with Crippen molar-refractivity contribution in [1.29, 1.82) is 0 Å². The van der Waals surface area contributed by atoms with Crippen molar-refractivity contribution in [3.8, 4) is 0 Å². The third-order valence-corrected chi connectivity index (χ3v) is 7.01. The third kappa shape index (κ3) is 3.04. The number of hydrogen-bond acceptors (Lipinski definition) is 3. The number of benzene rings is 1. The summed E-state index contributed by atoms with van der Waals surface area (Å²) in [7, 11) is 0. The molecule has 6 atom stereocenters. The summed E-state index contributed by atoms with van der Waals surface area (Å²) in [6, 6.07) is 2.80. The number of hydrogen-bond donors (Lipinski definition) is 0. The first kappa shape index (κ1) is 21.0. The van der Waals surface area contributed by atoms with Crippen molar-refractivity contribution in [3.05, 3.63) is 42.0 Å². The average molecular weight is 458 g/mol. The Morgan fingerprint density at radius 3 is 2.03 bits per heavy atom. The predicted molar refractivity (Wildman–Crippen MR) is 96.4 cm³/mol. The number of alkyl halides is 6. The lowest BCUT2D eigenvalue weighted by atomic mass is 9.63. The van der Waals surface area contributed by atoms with Crippen molar-refractivity contribution in [2.45, 2.75) is 18.8 Å². The first-order valence-corrected chi connectivity index (χ1v) is 9.99. The van der Waals surface area contributed by atoms with Crippen LogP contribution in [-0.2, 0) is 20.6 Å². The van der Waals surface area contributed by atoms with E-state index in [2.05, 4.69) is 0 Å². The van der Waals surface area contributed by atoms with Crippen molar-refractivity contribution < 1.29 is 40.7 Å². The van der Waals surface area contributed by atoms with Crippen LogP contribution in [0.15, 0.2) is 36.4 Å². The van der Waals surface area contributed by atoms with Gasteiger partial charge in [-0.1, -0.05) is 18.2 Å². The van der Waals surface area contributed by atoms with Gasteiger partial charge in [0, 0.05) is 5.69 Å². The van der Waals surface area contributed by atoms with E-state index in [1.807, 2.05) is 12.2 Å². The number of imide groups is 1. The van der Waals surface area contributed by atoms with Gasteiger partial charge in [0.1, 0.15) is 6.67 Å². The lowest BCUT2D eigenvalue weighted by molar-refractivity contribution is -0.171. The van der Waals surface area contributed by atoms with Gasteiger partial charge in [-0.25, -0.2) is 0 Å². The maximum Gasteiger partial charge on any atom is 0.471 e. The van der Waals surface area contributed by atoms with Gasteiger partial charge in [0.25, 0.3) is 0 Å². The van der Waals surface area contributed by atoms with Gasteiger partial charge in [-0.05, 0) is 48.3 Å². The van der Waals surface area contributed by atoms with E-state index in [-0.39, 0.29) is 28.6 Å². The summed E-state index contributed by atoms with van der Waals surface area (Å²) in [5, 5.41) is 0. The molecule has 3 fully saturated rings. The van der Waals surface area contributed by atoms with Crippen molar-refractivity contribution in [2.24, 2.45) is 35.5 Å². The SMILES string of the molecule is O=C1[C@@H]2[C@@H]3C=C[C@H]([C@@H]4C[C@H]34)[C@@H]2C(=O)N1CN(C(=O)C(F)(F)F)c1cccc(C(F)(F)F)c1. The smallest absolute Gasteiger partial charge is 0.286 e. The summed E-state index contributed by atoms with van der Waals surface area (Å²) in [6.07, 6.45) is -5.64. The van der Waals surface area contributed by atoms with E-state index >= 15 is 0 Å². The normalized spacial score (nSPS) is 32.8. The molecule has 1 heterocycles. The molecule has 1 aliphatic heterocycles. The third-order valence-electron chi connectivity index (χ3n) is 7.01. The predicted octanol–water partition coefficient (Wildman–Crippen LogP) is 3.61. The van der Waals surface area contributed by atoms with Crippen LogP contribution in [0.2, 0.25) is 0 Å². The molecule has 0 N–H and O–H groups in total. The molecule has 0 unspecified atom stereocenters. The minimum atomic E-state index is -5.42. The molecule has 2 bridgehead atoms. The largest absolute Gasteiger partial charge is 0.471 e. The van der Waals surface area contributed by atoms with Crippen LogP contribution in [0.3, 0.4) is 0 Å². The molecule has 3 amide bonds. The second-order valence-corrected chi connectivity index (χ2v) is 8.68. The standard InChI is InChI=1S/C21H16F6N2O3/c22-20(23,24)9-2-1-3-10(6-9)28(19(32)21(25,26)27)8-29-17(30)15-11-4-5-12(14-7-13(11)14)16(15)18(29)31/h1-6,11-16H,7-8H2/t11-,12-,13-,14+,15-,16+/m1/s1. The Hall–Kier alpha value is -2.85. The summed E-state index contributed by atoms with van der Waals surface area (Å²) in [6.45, 7) is -1.10. The second kappa shape index (κ2) is 6.58. The molecule has 1 saturated heterocycles. The molecule has 0 aromatic heterocycles. The highest BCUT2D eigenvalue weighted by Crippen LogP contribution is 2.65. The van der Waals surface area contributed by atoms with Crippen molar-refractivity contribution in [1.82, 2.24) is 4.90 Å². The highest BCUT2D eigenvalue weighted by atomic mass is 19.4. The highest BCUT2D eigenvalue weighted by Gasteiger charge is 2.67. The van der Waals surface area contributed by atoms with E-state index in [1.54, 1.807) is 0 Å². The van der Waals surface area contributed by atoms with Crippen LogP contribution < -0.4 is 4.90 Å². The number of halogens is 6. The molecular formula is C21H16F6N2O3. The van der Waals surface area contributed by atoms with Crippen LogP contribution in [0, 0.1) is 35.5 Å². The number of carbonyl (C=O) groups is 3. The van der Waals surface area contributed by atoms with Crippen LogP contribution in [0.5, 0.6) is 0 Å². The summed E-state index contributed by atoms with van der Waals surface area (Å²) in [5.41, 5.74) is -1.97. The maximum absolute atomic E-state index is 13.3. The minimum absolute atomic E-state index is 0.0123. The highest BCUT2D eigenvalue weighted by molar-refractivity contribution is 6.07. The average Bonchev–Trinajstić information content (AvgIpc) is 3.50. The van der Waals surface area contributed by atoms with Crippen LogP contribution >= 0.6 is 0 Å². The van der Waals surface area contributed by atoms with Gasteiger partial charge in [0.2, 0.25) is 11.8 Å². The Balaban J connectivity index is 1.48. The number of likely N-dealkylation sites (tertiary alicyclic amines) is 1. The molecule has 5 nitrogen and oxygen atoms in total.